The van der Waals surface area contributed by atoms with E-state index in [9.17, 15) is 29.4 Å². The number of ether oxygens (including phenoxy) is 1. The summed E-state index contributed by atoms with van der Waals surface area (Å²) in [4.78, 5) is 45.6. The number of esters is 1. The van der Waals surface area contributed by atoms with Crippen LogP contribution < -0.4 is 5.73 Å². The standard InChI is InChI=1S/C23H39NO9/c1-3-4-5-10-13-17(26)14-11-8-6-7-9-12-15-18(33-16(2)25)19(27)20(28)23(24,21(29)30)22(31)32/h12,15,18-20,27-28H,3-11,13-14,24H2,1-2H3,(H,29,30)(H,31,32)/b15-12+/t18-,19+,20-/m0/s1. The van der Waals surface area contributed by atoms with E-state index in [1.165, 1.54) is 6.08 Å². The Morgan fingerprint density at radius 3 is 1.91 bits per heavy atom. The summed E-state index contributed by atoms with van der Waals surface area (Å²) in [7, 11) is 0. The molecule has 0 unspecified atom stereocenters. The summed E-state index contributed by atoms with van der Waals surface area (Å²) in [5, 5.41) is 38.5. The maximum absolute atomic E-state index is 11.8. The predicted octanol–water partition coefficient (Wildman–Crippen LogP) is 1.94. The first-order valence-electron chi connectivity index (χ1n) is 11.5. The Bertz CT molecular complexity index is 648. The third-order valence-electron chi connectivity index (χ3n) is 5.35. The van der Waals surface area contributed by atoms with Crippen molar-refractivity contribution in [3.8, 4) is 0 Å². The zero-order valence-corrected chi connectivity index (χ0v) is 19.6. The van der Waals surface area contributed by atoms with E-state index in [1.807, 2.05) is 0 Å². The van der Waals surface area contributed by atoms with Gasteiger partial charge >= 0.3 is 17.9 Å². The molecule has 0 aliphatic heterocycles. The second kappa shape index (κ2) is 16.3. The second-order valence-electron chi connectivity index (χ2n) is 8.22. The smallest absolute Gasteiger partial charge is 0.338 e. The first kappa shape index (κ1) is 30.7. The van der Waals surface area contributed by atoms with Crippen LogP contribution in [0.5, 0.6) is 0 Å². The number of aliphatic hydroxyl groups excluding tert-OH is 2. The van der Waals surface area contributed by atoms with Crippen LogP contribution >= 0.6 is 0 Å². The minimum Gasteiger partial charge on any atom is -0.479 e. The van der Waals surface area contributed by atoms with E-state index in [2.05, 4.69) is 6.92 Å². The number of hydrogen-bond donors (Lipinski definition) is 5. The Balaban J connectivity index is 4.56. The number of aliphatic hydroxyl groups is 2. The van der Waals surface area contributed by atoms with Gasteiger partial charge in [-0.15, -0.1) is 0 Å². The van der Waals surface area contributed by atoms with Crippen molar-refractivity contribution in [1.29, 1.82) is 0 Å². The van der Waals surface area contributed by atoms with E-state index in [1.54, 1.807) is 6.08 Å². The fourth-order valence-electron chi connectivity index (χ4n) is 3.25. The molecule has 0 spiro atoms. The highest BCUT2D eigenvalue weighted by molar-refractivity contribution is 6.03. The fourth-order valence-corrected chi connectivity index (χ4v) is 3.25. The maximum atomic E-state index is 11.8. The van der Waals surface area contributed by atoms with E-state index >= 15 is 0 Å². The minimum absolute atomic E-state index is 0.293. The van der Waals surface area contributed by atoms with Crippen molar-refractivity contribution in [1.82, 2.24) is 0 Å². The van der Waals surface area contributed by atoms with Crippen LogP contribution in [-0.4, -0.2) is 68.0 Å². The molecular formula is C23H39NO9. The molecule has 3 atom stereocenters. The van der Waals surface area contributed by atoms with Crippen LogP contribution in [0.2, 0.25) is 0 Å². The number of carbonyl (C=O) groups excluding carboxylic acids is 2. The maximum Gasteiger partial charge on any atom is 0.338 e. The lowest BCUT2D eigenvalue weighted by Crippen LogP contribution is -2.67. The van der Waals surface area contributed by atoms with E-state index in [0.29, 0.717) is 25.0 Å². The van der Waals surface area contributed by atoms with Crippen molar-refractivity contribution >= 4 is 23.7 Å². The van der Waals surface area contributed by atoms with Crippen LogP contribution in [0.4, 0.5) is 0 Å². The number of allylic oxidation sites excluding steroid dienone is 1. The van der Waals surface area contributed by atoms with Gasteiger partial charge in [-0.2, -0.15) is 0 Å². The molecule has 0 bridgehead atoms. The Morgan fingerprint density at radius 2 is 1.42 bits per heavy atom. The molecule has 0 aromatic rings. The molecule has 190 valence electrons. The number of carboxylic acids is 2. The molecule has 0 aliphatic rings. The van der Waals surface area contributed by atoms with Gasteiger partial charge in [0.15, 0.2) is 0 Å². The van der Waals surface area contributed by atoms with Gasteiger partial charge in [0.1, 0.15) is 24.1 Å². The van der Waals surface area contributed by atoms with Gasteiger partial charge in [-0.3, -0.25) is 9.59 Å². The molecule has 10 nitrogen and oxygen atoms in total. The zero-order chi connectivity index (χ0) is 25.4. The molecule has 0 aromatic heterocycles. The molecule has 0 fully saturated rings. The number of aliphatic carboxylic acids is 2. The fraction of sp³-hybridized carbons (Fsp3) is 0.739. The van der Waals surface area contributed by atoms with Gasteiger partial charge in [0, 0.05) is 19.8 Å². The predicted molar refractivity (Wildman–Crippen MR) is 120 cm³/mol. The van der Waals surface area contributed by atoms with Crippen molar-refractivity contribution < 1.29 is 44.3 Å². The lowest BCUT2D eigenvalue weighted by Gasteiger charge is -2.31. The van der Waals surface area contributed by atoms with Crippen LogP contribution in [0.3, 0.4) is 0 Å². The van der Waals surface area contributed by atoms with Gasteiger partial charge in [0.05, 0.1) is 0 Å². The third-order valence-corrected chi connectivity index (χ3v) is 5.35. The number of Topliss-reactive ketones (excluding diaryl/α,β-unsaturated/α-hetero) is 1. The quantitative estimate of drug-likeness (QED) is 0.0803. The largest absolute Gasteiger partial charge is 0.479 e. The van der Waals surface area contributed by atoms with E-state index in [0.717, 1.165) is 58.3 Å². The molecule has 33 heavy (non-hydrogen) atoms. The first-order valence-corrected chi connectivity index (χ1v) is 11.5. The lowest BCUT2D eigenvalue weighted by atomic mass is 9.87. The summed E-state index contributed by atoms with van der Waals surface area (Å²) < 4.78 is 4.89. The summed E-state index contributed by atoms with van der Waals surface area (Å²) in [5.41, 5.74) is 2.10. The highest BCUT2D eigenvalue weighted by Crippen LogP contribution is 2.18. The summed E-state index contributed by atoms with van der Waals surface area (Å²) in [6.07, 6.45) is 6.27. The summed E-state index contributed by atoms with van der Waals surface area (Å²) in [6, 6.07) is 0. The number of ketones is 1. The van der Waals surface area contributed by atoms with Crippen LogP contribution in [-0.2, 0) is 23.9 Å². The molecule has 0 amide bonds. The summed E-state index contributed by atoms with van der Waals surface area (Å²) >= 11 is 0. The highest BCUT2D eigenvalue weighted by Gasteiger charge is 2.54. The molecule has 0 radical (unpaired) electrons. The van der Waals surface area contributed by atoms with Crippen molar-refractivity contribution in [2.24, 2.45) is 5.73 Å². The van der Waals surface area contributed by atoms with E-state index in [-0.39, 0.29) is 0 Å². The molecule has 0 aromatic carbocycles. The van der Waals surface area contributed by atoms with Crippen molar-refractivity contribution in [3.63, 3.8) is 0 Å². The van der Waals surface area contributed by atoms with Gasteiger partial charge in [0.2, 0.25) is 5.54 Å². The molecule has 0 saturated heterocycles. The van der Waals surface area contributed by atoms with Gasteiger partial charge in [0.25, 0.3) is 0 Å². The number of rotatable bonds is 19. The normalized spacial score (nSPS) is 14.6. The molecular weight excluding hydrogens is 434 g/mol. The number of unbranched alkanes of at least 4 members (excludes halogenated alkanes) is 7. The topological polar surface area (TPSA) is 184 Å². The van der Waals surface area contributed by atoms with Crippen molar-refractivity contribution in [2.75, 3.05) is 0 Å². The van der Waals surface area contributed by atoms with Crippen molar-refractivity contribution in [2.45, 2.75) is 108 Å². The zero-order valence-electron chi connectivity index (χ0n) is 19.6. The highest BCUT2D eigenvalue weighted by atomic mass is 16.6. The Morgan fingerprint density at radius 1 is 0.909 bits per heavy atom. The summed E-state index contributed by atoms with van der Waals surface area (Å²) in [6.45, 7) is 3.18. The number of carboxylic acid groups (broad SMARTS) is 2. The Labute approximate surface area is 194 Å². The Hall–Kier alpha value is -2.30. The Kier molecular flexibility index (Phi) is 15.2. The van der Waals surface area contributed by atoms with E-state index < -0.39 is 41.8 Å². The third kappa shape index (κ3) is 11.4. The van der Waals surface area contributed by atoms with Crippen LogP contribution in [0.15, 0.2) is 12.2 Å². The number of carbonyl (C=O) groups is 4. The first-order chi connectivity index (χ1) is 15.5. The molecule has 6 N–H and O–H groups in total. The van der Waals surface area contributed by atoms with Gasteiger partial charge in [-0.25, -0.2) is 9.59 Å². The number of hydrogen-bond acceptors (Lipinski definition) is 8. The minimum atomic E-state index is -3.18. The SMILES string of the molecule is CCCCCCC(=O)CCCCCC/C=C/[C@H](OC(C)=O)[C@@H](O)[C@H](O)C(N)(C(=O)O)C(=O)O. The number of nitrogens with two attached hydrogens (primary N) is 1. The molecule has 10 heteroatoms. The van der Waals surface area contributed by atoms with Gasteiger partial charge < -0.3 is 30.9 Å². The van der Waals surface area contributed by atoms with Gasteiger partial charge in [-0.05, 0) is 31.8 Å². The average Bonchev–Trinajstić information content (AvgIpc) is 2.75. The van der Waals surface area contributed by atoms with E-state index in [4.69, 9.17) is 20.7 Å². The molecule has 0 rings (SSSR count). The molecule has 0 aliphatic carbocycles. The monoisotopic (exact) mass is 473 g/mol. The van der Waals surface area contributed by atoms with Gasteiger partial charge in [-0.1, -0.05) is 45.1 Å². The van der Waals surface area contributed by atoms with Crippen LogP contribution in [0, 0.1) is 0 Å². The second-order valence-corrected chi connectivity index (χ2v) is 8.22. The summed E-state index contributed by atoms with van der Waals surface area (Å²) in [5.74, 6) is -4.62. The van der Waals surface area contributed by atoms with Crippen molar-refractivity contribution in [3.05, 3.63) is 12.2 Å². The van der Waals surface area contributed by atoms with Crippen LogP contribution in [0.25, 0.3) is 0 Å². The van der Waals surface area contributed by atoms with Crippen LogP contribution in [0.1, 0.15) is 84.5 Å². The average molecular weight is 474 g/mol. The molecule has 0 heterocycles. The lowest BCUT2D eigenvalue weighted by molar-refractivity contribution is -0.173. The molecule has 0 saturated carbocycles.